The number of benzene rings is 2. The van der Waals surface area contributed by atoms with Gasteiger partial charge < -0.3 is 5.32 Å². The summed E-state index contributed by atoms with van der Waals surface area (Å²) in [5, 5.41) is 3.21. The van der Waals surface area contributed by atoms with Gasteiger partial charge in [0.1, 0.15) is 5.82 Å². The molecule has 2 rings (SSSR count). The van der Waals surface area contributed by atoms with Crippen molar-refractivity contribution >= 4 is 0 Å². The smallest absolute Gasteiger partial charge is 0.161 e. The van der Waals surface area contributed by atoms with Crippen LogP contribution in [-0.2, 0) is 6.54 Å². The second-order valence-electron chi connectivity index (χ2n) is 4.99. The van der Waals surface area contributed by atoms with Crippen LogP contribution in [0.25, 0.3) is 0 Å². The van der Waals surface area contributed by atoms with Gasteiger partial charge in [0.25, 0.3) is 0 Å². The maximum atomic E-state index is 13.6. The lowest BCUT2D eigenvalue weighted by Gasteiger charge is -2.19. The normalized spacial score (nSPS) is 12.4. The molecule has 0 radical (unpaired) electrons. The van der Waals surface area contributed by atoms with Crippen LogP contribution in [0.2, 0.25) is 0 Å². The zero-order chi connectivity index (χ0) is 15.2. The minimum atomic E-state index is -1.16. The molecule has 0 saturated carbocycles. The van der Waals surface area contributed by atoms with Gasteiger partial charge in [0.2, 0.25) is 0 Å². The highest BCUT2D eigenvalue weighted by Gasteiger charge is 2.13. The van der Waals surface area contributed by atoms with Crippen molar-refractivity contribution in [2.75, 3.05) is 0 Å². The highest BCUT2D eigenvalue weighted by Crippen LogP contribution is 2.20. The molecule has 0 aliphatic carbocycles. The first-order chi connectivity index (χ1) is 10.1. The SMILES string of the molecule is CCCC(NCc1cc(F)c(F)cc1F)c1ccccc1. The number of rotatable bonds is 6. The van der Waals surface area contributed by atoms with E-state index < -0.39 is 17.5 Å². The number of nitrogens with one attached hydrogen (secondary N) is 1. The lowest BCUT2D eigenvalue weighted by Crippen LogP contribution is -2.21. The second-order valence-corrected chi connectivity index (χ2v) is 4.99. The fraction of sp³-hybridized carbons (Fsp3) is 0.294. The third-order valence-electron chi connectivity index (χ3n) is 3.41. The van der Waals surface area contributed by atoms with Crippen LogP contribution >= 0.6 is 0 Å². The molecule has 1 atom stereocenters. The van der Waals surface area contributed by atoms with Gasteiger partial charge in [0.15, 0.2) is 11.6 Å². The van der Waals surface area contributed by atoms with E-state index in [4.69, 9.17) is 0 Å². The van der Waals surface area contributed by atoms with E-state index in [0.29, 0.717) is 6.07 Å². The molecule has 2 aromatic carbocycles. The van der Waals surface area contributed by atoms with Gasteiger partial charge in [-0.25, -0.2) is 13.2 Å². The standard InChI is InChI=1S/C17H18F3N/c1-2-6-17(12-7-4-3-5-8-12)21-11-13-9-15(19)16(20)10-14(13)18/h3-5,7-10,17,21H,2,6,11H2,1H3. The monoisotopic (exact) mass is 293 g/mol. The van der Waals surface area contributed by atoms with Gasteiger partial charge in [-0.05, 0) is 18.1 Å². The summed E-state index contributed by atoms with van der Waals surface area (Å²) in [7, 11) is 0. The van der Waals surface area contributed by atoms with Gasteiger partial charge >= 0.3 is 0 Å². The molecule has 0 saturated heterocycles. The largest absolute Gasteiger partial charge is 0.306 e. The molecule has 0 bridgehead atoms. The third-order valence-corrected chi connectivity index (χ3v) is 3.41. The van der Waals surface area contributed by atoms with Gasteiger partial charge in [-0.3, -0.25) is 0 Å². The molecule has 0 amide bonds. The number of hydrogen-bond acceptors (Lipinski definition) is 1. The Morgan fingerprint density at radius 2 is 1.62 bits per heavy atom. The molecule has 112 valence electrons. The van der Waals surface area contributed by atoms with E-state index in [0.717, 1.165) is 24.5 Å². The van der Waals surface area contributed by atoms with Crippen LogP contribution in [0.15, 0.2) is 42.5 Å². The fourth-order valence-electron chi connectivity index (χ4n) is 2.29. The Balaban J connectivity index is 2.11. The molecule has 4 heteroatoms. The predicted molar refractivity (Wildman–Crippen MR) is 77.2 cm³/mol. The van der Waals surface area contributed by atoms with E-state index in [1.54, 1.807) is 0 Å². The van der Waals surface area contributed by atoms with Crippen molar-refractivity contribution in [1.82, 2.24) is 5.32 Å². The van der Waals surface area contributed by atoms with Crippen LogP contribution in [0.3, 0.4) is 0 Å². The average molecular weight is 293 g/mol. The Kier molecular flexibility index (Phi) is 5.39. The van der Waals surface area contributed by atoms with Crippen molar-refractivity contribution in [1.29, 1.82) is 0 Å². The minimum absolute atomic E-state index is 0.0590. The summed E-state index contributed by atoms with van der Waals surface area (Å²) in [6, 6.07) is 11.4. The first-order valence-corrected chi connectivity index (χ1v) is 7.03. The van der Waals surface area contributed by atoms with Crippen molar-refractivity contribution in [2.45, 2.75) is 32.4 Å². The molecule has 0 aliphatic heterocycles. The molecule has 0 heterocycles. The minimum Gasteiger partial charge on any atom is -0.306 e. The Morgan fingerprint density at radius 1 is 0.952 bits per heavy atom. The maximum absolute atomic E-state index is 13.6. The Labute approximate surface area is 122 Å². The summed E-state index contributed by atoms with van der Waals surface area (Å²) >= 11 is 0. The van der Waals surface area contributed by atoms with E-state index in [2.05, 4.69) is 12.2 Å². The molecule has 0 fully saturated rings. The molecular formula is C17H18F3N. The average Bonchev–Trinajstić information content (AvgIpc) is 2.49. The molecule has 1 unspecified atom stereocenters. The van der Waals surface area contributed by atoms with E-state index in [1.165, 1.54) is 0 Å². The second kappa shape index (κ2) is 7.27. The number of hydrogen-bond donors (Lipinski definition) is 1. The topological polar surface area (TPSA) is 12.0 Å². The molecule has 21 heavy (non-hydrogen) atoms. The number of halogens is 3. The van der Waals surface area contributed by atoms with Crippen LogP contribution in [0.4, 0.5) is 13.2 Å². The zero-order valence-electron chi connectivity index (χ0n) is 11.9. The molecular weight excluding hydrogens is 275 g/mol. The quantitative estimate of drug-likeness (QED) is 0.759. The zero-order valence-corrected chi connectivity index (χ0v) is 11.9. The fourth-order valence-corrected chi connectivity index (χ4v) is 2.29. The lowest BCUT2D eigenvalue weighted by atomic mass is 10.0. The van der Waals surface area contributed by atoms with E-state index in [9.17, 15) is 13.2 Å². The van der Waals surface area contributed by atoms with Gasteiger partial charge in [-0.1, -0.05) is 43.7 Å². The van der Waals surface area contributed by atoms with E-state index >= 15 is 0 Å². The summed E-state index contributed by atoms with van der Waals surface area (Å²) < 4.78 is 39.7. The van der Waals surface area contributed by atoms with Crippen molar-refractivity contribution in [3.05, 3.63) is 71.0 Å². The summed E-state index contributed by atoms with van der Waals surface area (Å²) in [4.78, 5) is 0. The van der Waals surface area contributed by atoms with Crippen LogP contribution in [0.5, 0.6) is 0 Å². The maximum Gasteiger partial charge on any atom is 0.161 e. The van der Waals surface area contributed by atoms with Gasteiger partial charge in [-0.2, -0.15) is 0 Å². The molecule has 1 N–H and O–H groups in total. The Morgan fingerprint density at radius 3 is 2.29 bits per heavy atom. The van der Waals surface area contributed by atoms with Gasteiger partial charge in [-0.15, -0.1) is 0 Å². The molecule has 1 nitrogen and oxygen atoms in total. The predicted octanol–water partition coefficient (Wildman–Crippen LogP) is 4.73. The van der Waals surface area contributed by atoms with Crippen LogP contribution in [0, 0.1) is 17.5 Å². The summed E-state index contributed by atoms with van der Waals surface area (Å²) in [6.45, 7) is 2.22. The van der Waals surface area contributed by atoms with E-state index in [-0.39, 0.29) is 18.2 Å². The van der Waals surface area contributed by atoms with Crippen LogP contribution in [0.1, 0.15) is 36.9 Å². The van der Waals surface area contributed by atoms with Crippen molar-refractivity contribution in [3.8, 4) is 0 Å². The highest BCUT2D eigenvalue weighted by molar-refractivity contribution is 5.22. The lowest BCUT2D eigenvalue weighted by molar-refractivity contribution is 0.466. The van der Waals surface area contributed by atoms with Gasteiger partial charge in [0, 0.05) is 24.2 Å². The van der Waals surface area contributed by atoms with Crippen molar-refractivity contribution in [3.63, 3.8) is 0 Å². The van der Waals surface area contributed by atoms with E-state index in [1.807, 2.05) is 30.3 Å². The van der Waals surface area contributed by atoms with Crippen LogP contribution in [-0.4, -0.2) is 0 Å². The Hall–Kier alpha value is -1.81. The first kappa shape index (κ1) is 15.6. The first-order valence-electron chi connectivity index (χ1n) is 7.03. The third kappa shape index (κ3) is 4.08. The Bertz CT molecular complexity index is 584. The molecule has 2 aromatic rings. The molecule has 0 aliphatic rings. The summed E-state index contributed by atoms with van der Waals surface area (Å²) in [5.74, 6) is -2.92. The van der Waals surface area contributed by atoms with Crippen molar-refractivity contribution in [2.24, 2.45) is 0 Å². The molecule has 0 aromatic heterocycles. The summed E-state index contributed by atoms with van der Waals surface area (Å²) in [6.07, 6.45) is 1.85. The van der Waals surface area contributed by atoms with Crippen LogP contribution < -0.4 is 5.32 Å². The highest BCUT2D eigenvalue weighted by atomic mass is 19.2. The summed E-state index contributed by atoms with van der Waals surface area (Å²) in [5.41, 5.74) is 1.23. The van der Waals surface area contributed by atoms with Crippen molar-refractivity contribution < 1.29 is 13.2 Å². The van der Waals surface area contributed by atoms with Gasteiger partial charge in [0.05, 0.1) is 0 Å². The molecule has 0 spiro atoms.